The summed E-state index contributed by atoms with van der Waals surface area (Å²) in [6.45, 7) is 0.481. The Morgan fingerprint density at radius 2 is 2.12 bits per heavy atom. The number of aliphatic hydroxyl groups is 1. The molecule has 0 bridgehead atoms. The summed E-state index contributed by atoms with van der Waals surface area (Å²) < 4.78 is 18.1. The topological polar surface area (TPSA) is 41.5 Å². The van der Waals surface area contributed by atoms with Gasteiger partial charge < -0.3 is 15.2 Å². The van der Waals surface area contributed by atoms with E-state index in [1.54, 1.807) is 6.07 Å². The number of halogens is 1. The zero-order valence-corrected chi connectivity index (χ0v) is 10.0. The molecule has 94 valence electrons. The van der Waals surface area contributed by atoms with Gasteiger partial charge in [0, 0.05) is 12.6 Å². The first-order chi connectivity index (χ1) is 8.13. The van der Waals surface area contributed by atoms with E-state index < -0.39 is 5.60 Å². The average molecular weight is 239 g/mol. The van der Waals surface area contributed by atoms with Gasteiger partial charge in [-0.15, -0.1) is 0 Å². The molecule has 0 heterocycles. The first-order valence-electron chi connectivity index (χ1n) is 5.93. The lowest BCUT2D eigenvalue weighted by Crippen LogP contribution is -2.33. The zero-order chi connectivity index (χ0) is 12.3. The molecule has 0 radical (unpaired) electrons. The number of rotatable bonds is 4. The van der Waals surface area contributed by atoms with Gasteiger partial charge >= 0.3 is 0 Å². The number of hydrogen-bond acceptors (Lipinski definition) is 3. The van der Waals surface area contributed by atoms with Crippen LogP contribution in [0.4, 0.5) is 10.1 Å². The molecule has 0 amide bonds. The van der Waals surface area contributed by atoms with Crippen LogP contribution in [0.1, 0.15) is 25.7 Å². The Balaban J connectivity index is 2.03. The van der Waals surface area contributed by atoms with Crippen LogP contribution in [0.2, 0.25) is 0 Å². The van der Waals surface area contributed by atoms with Crippen molar-refractivity contribution in [3.8, 4) is 5.75 Å². The van der Waals surface area contributed by atoms with E-state index >= 15 is 0 Å². The molecule has 1 fully saturated rings. The fraction of sp³-hybridized carbons (Fsp3) is 0.538. The Morgan fingerprint density at radius 3 is 2.76 bits per heavy atom. The van der Waals surface area contributed by atoms with Crippen molar-refractivity contribution in [3.63, 3.8) is 0 Å². The van der Waals surface area contributed by atoms with Crippen LogP contribution < -0.4 is 10.1 Å². The summed E-state index contributed by atoms with van der Waals surface area (Å²) in [5.74, 6) is 0.138. The number of benzene rings is 1. The van der Waals surface area contributed by atoms with E-state index in [9.17, 15) is 9.50 Å². The van der Waals surface area contributed by atoms with Gasteiger partial charge in [0.15, 0.2) is 0 Å². The van der Waals surface area contributed by atoms with Crippen molar-refractivity contribution in [1.82, 2.24) is 0 Å². The fourth-order valence-corrected chi connectivity index (χ4v) is 2.28. The molecule has 1 aromatic rings. The van der Waals surface area contributed by atoms with Gasteiger partial charge in [0.05, 0.1) is 18.4 Å². The first kappa shape index (κ1) is 12.2. The highest BCUT2D eigenvalue weighted by Crippen LogP contribution is 2.31. The van der Waals surface area contributed by atoms with Gasteiger partial charge in [-0.25, -0.2) is 4.39 Å². The van der Waals surface area contributed by atoms with Crippen molar-refractivity contribution in [1.29, 1.82) is 0 Å². The Hall–Kier alpha value is -1.29. The largest absolute Gasteiger partial charge is 0.494 e. The summed E-state index contributed by atoms with van der Waals surface area (Å²) in [5, 5.41) is 13.3. The third-order valence-corrected chi connectivity index (χ3v) is 3.31. The van der Waals surface area contributed by atoms with E-state index in [-0.39, 0.29) is 5.82 Å². The van der Waals surface area contributed by atoms with Gasteiger partial charge in [-0.3, -0.25) is 0 Å². The molecule has 2 N–H and O–H groups in total. The number of nitrogens with one attached hydrogen (secondary N) is 1. The van der Waals surface area contributed by atoms with Crippen LogP contribution in [-0.4, -0.2) is 24.4 Å². The SMILES string of the molecule is COc1cc(F)ccc1NCC1(O)CCCC1. The molecule has 0 aromatic heterocycles. The summed E-state index contributed by atoms with van der Waals surface area (Å²) in [6.07, 6.45) is 3.78. The van der Waals surface area contributed by atoms with E-state index in [2.05, 4.69) is 5.32 Å². The standard InChI is InChI=1S/C13H18FNO2/c1-17-12-8-10(14)4-5-11(12)15-9-13(16)6-2-3-7-13/h4-5,8,15-16H,2-3,6-7,9H2,1H3. The van der Waals surface area contributed by atoms with Gasteiger partial charge in [0.1, 0.15) is 11.6 Å². The Morgan fingerprint density at radius 1 is 1.41 bits per heavy atom. The monoisotopic (exact) mass is 239 g/mol. The molecule has 17 heavy (non-hydrogen) atoms. The maximum Gasteiger partial charge on any atom is 0.144 e. The predicted octanol–water partition coefficient (Wildman–Crippen LogP) is 2.55. The molecule has 0 atom stereocenters. The first-order valence-corrected chi connectivity index (χ1v) is 5.93. The highest BCUT2D eigenvalue weighted by atomic mass is 19.1. The van der Waals surface area contributed by atoms with Gasteiger partial charge in [-0.1, -0.05) is 12.8 Å². The van der Waals surface area contributed by atoms with Crippen LogP contribution in [0.25, 0.3) is 0 Å². The number of anilines is 1. The Kier molecular flexibility index (Phi) is 3.52. The normalized spacial score (nSPS) is 18.1. The van der Waals surface area contributed by atoms with Crippen molar-refractivity contribution in [2.45, 2.75) is 31.3 Å². The zero-order valence-electron chi connectivity index (χ0n) is 10.0. The lowest BCUT2D eigenvalue weighted by molar-refractivity contribution is 0.0614. The minimum atomic E-state index is -0.626. The minimum Gasteiger partial charge on any atom is -0.494 e. The smallest absolute Gasteiger partial charge is 0.144 e. The van der Waals surface area contributed by atoms with Gasteiger partial charge in [-0.05, 0) is 25.0 Å². The number of methoxy groups -OCH3 is 1. The minimum absolute atomic E-state index is 0.327. The molecule has 2 rings (SSSR count). The third-order valence-electron chi connectivity index (χ3n) is 3.31. The number of ether oxygens (including phenoxy) is 1. The highest BCUT2D eigenvalue weighted by molar-refractivity contribution is 5.56. The second kappa shape index (κ2) is 4.92. The molecule has 1 saturated carbocycles. The Labute approximate surface area is 101 Å². The highest BCUT2D eigenvalue weighted by Gasteiger charge is 2.30. The number of hydrogen-bond donors (Lipinski definition) is 2. The van der Waals surface area contributed by atoms with Crippen molar-refractivity contribution < 1.29 is 14.2 Å². The van der Waals surface area contributed by atoms with Crippen molar-refractivity contribution >= 4 is 5.69 Å². The second-order valence-corrected chi connectivity index (χ2v) is 4.63. The molecule has 0 saturated heterocycles. The maximum absolute atomic E-state index is 13.0. The van der Waals surface area contributed by atoms with Gasteiger partial charge in [-0.2, -0.15) is 0 Å². The predicted molar refractivity (Wildman–Crippen MR) is 64.9 cm³/mol. The molecule has 1 aliphatic rings. The van der Waals surface area contributed by atoms with E-state index in [0.29, 0.717) is 18.0 Å². The van der Waals surface area contributed by atoms with E-state index in [4.69, 9.17) is 4.74 Å². The molecular formula is C13H18FNO2. The molecule has 4 heteroatoms. The molecule has 0 unspecified atom stereocenters. The van der Waals surface area contributed by atoms with Crippen molar-refractivity contribution in [2.75, 3.05) is 19.0 Å². The van der Waals surface area contributed by atoms with Crippen molar-refractivity contribution in [3.05, 3.63) is 24.0 Å². The Bertz CT molecular complexity index is 389. The van der Waals surface area contributed by atoms with Gasteiger partial charge in [0.25, 0.3) is 0 Å². The molecule has 0 spiro atoms. The van der Waals surface area contributed by atoms with Gasteiger partial charge in [0.2, 0.25) is 0 Å². The van der Waals surface area contributed by atoms with Crippen LogP contribution in [0, 0.1) is 5.82 Å². The molecular weight excluding hydrogens is 221 g/mol. The third kappa shape index (κ3) is 2.88. The summed E-state index contributed by atoms with van der Waals surface area (Å²) in [6, 6.07) is 4.34. The lowest BCUT2D eigenvalue weighted by atomic mass is 10.0. The van der Waals surface area contributed by atoms with Crippen LogP contribution in [-0.2, 0) is 0 Å². The van der Waals surface area contributed by atoms with Crippen molar-refractivity contribution in [2.24, 2.45) is 0 Å². The fourth-order valence-electron chi connectivity index (χ4n) is 2.28. The molecule has 0 aliphatic heterocycles. The van der Waals surface area contributed by atoms with E-state index in [0.717, 1.165) is 25.7 Å². The second-order valence-electron chi connectivity index (χ2n) is 4.63. The summed E-state index contributed by atoms with van der Waals surface area (Å²) in [5.41, 5.74) is 0.0913. The summed E-state index contributed by atoms with van der Waals surface area (Å²) >= 11 is 0. The van der Waals surface area contributed by atoms with Crippen LogP contribution in [0.3, 0.4) is 0 Å². The van der Waals surface area contributed by atoms with E-state index in [1.165, 1.54) is 19.2 Å². The molecule has 1 aliphatic carbocycles. The van der Waals surface area contributed by atoms with Crippen LogP contribution in [0.15, 0.2) is 18.2 Å². The van der Waals surface area contributed by atoms with Crippen LogP contribution in [0.5, 0.6) is 5.75 Å². The average Bonchev–Trinajstić information content (AvgIpc) is 2.75. The molecule has 3 nitrogen and oxygen atoms in total. The quantitative estimate of drug-likeness (QED) is 0.848. The molecule has 1 aromatic carbocycles. The summed E-state index contributed by atoms with van der Waals surface area (Å²) in [7, 11) is 1.50. The van der Waals surface area contributed by atoms with E-state index in [1.807, 2.05) is 0 Å². The summed E-state index contributed by atoms with van der Waals surface area (Å²) in [4.78, 5) is 0. The maximum atomic E-state index is 13.0. The van der Waals surface area contributed by atoms with Crippen LogP contribution >= 0.6 is 0 Å². The lowest BCUT2D eigenvalue weighted by Gasteiger charge is -2.23.